The van der Waals surface area contributed by atoms with Gasteiger partial charge in [-0.1, -0.05) is 47.5 Å². The first-order valence-corrected chi connectivity index (χ1v) is 10.4. The number of imide groups is 1. The largest absolute Gasteiger partial charge is 0.416 e. The van der Waals surface area contributed by atoms with Crippen molar-refractivity contribution >= 4 is 29.4 Å². The third kappa shape index (κ3) is 3.26. The van der Waals surface area contributed by atoms with Crippen molar-refractivity contribution in [3.63, 3.8) is 0 Å². The molecule has 3 aliphatic heterocycles. The van der Waals surface area contributed by atoms with E-state index in [1.165, 1.54) is 24.1 Å². The fourth-order valence-corrected chi connectivity index (χ4v) is 4.16. The molecule has 0 aliphatic carbocycles. The minimum Gasteiger partial charge on any atom is -0.270 e. The van der Waals surface area contributed by atoms with Crippen LogP contribution in [0.4, 0.5) is 9.18 Å². The monoisotopic (exact) mass is 433 g/mol. The van der Waals surface area contributed by atoms with Gasteiger partial charge in [0.2, 0.25) is 11.9 Å². The Kier molecular flexibility index (Phi) is 4.80. The molecule has 0 spiro atoms. The van der Waals surface area contributed by atoms with Crippen molar-refractivity contribution in [1.29, 1.82) is 0 Å². The number of guanidine groups is 1. The third-order valence-corrected chi connectivity index (χ3v) is 5.93. The van der Waals surface area contributed by atoms with Gasteiger partial charge in [-0.2, -0.15) is 0 Å². The molecule has 1 saturated heterocycles. The second-order valence-corrected chi connectivity index (χ2v) is 7.95. The quantitative estimate of drug-likeness (QED) is 0.690. The van der Waals surface area contributed by atoms with Crippen LogP contribution in [0, 0.1) is 5.82 Å². The molecule has 9 heteroatoms. The number of nitrogens with zero attached hydrogens (tertiary/aromatic N) is 6. The van der Waals surface area contributed by atoms with Crippen LogP contribution >= 0.6 is 0 Å². The molecule has 8 nitrogen and oxygen atoms in total. The highest BCUT2D eigenvalue weighted by molar-refractivity contribution is 6.23. The van der Waals surface area contributed by atoms with Gasteiger partial charge in [0.15, 0.2) is 0 Å². The lowest BCUT2D eigenvalue weighted by Crippen LogP contribution is -2.62. The average Bonchev–Trinajstić information content (AvgIpc) is 3.21. The van der Waals surface area contributed by atoms with Gasteiger partial charge < -0.3 is 0 Å². The zero-order chi connectivity index (χ0) is 22.4. The van der Waals surface area contributed by atoms with E-state index in [-0.39, 0.29) is 11.7 Å². The molecule has 3 aliphatic rings. The fourth-order valence-electron chi connectivity index (χ4n) is 4.16. The first kappa shape index (κ1) is 20.0. The number of benzene rings is 2. The minimum atomic E-state index is -0.706. The molecule has 3 amide bonds. The van der Waals surface area contributed by atoms with Crippen molar-refractivity contribution in [2.24, 2.45) is 10.1 Å². The van der Waals surface area contributed by atoms with Crippen molar-refractivity contribution in [2.45, 2.75) is 12.5 Å². The molecule has 1 unspecified atom stereocenters. The van der Waals surface area contributed by atoms with Crippen molar-refractivity contribution in [3.05, 3.63) is 71.5 Å². The van der Waals surface area contributed by atoms with Gasteiger partial charge in [0, 0.05) is 26.1 Å². The number of halogens is 1. The van der Waals surface area contributed by atoms with E-state index in [0.29, 0.717) is 30.6 Å². The lowest BCUT2D eigenvalue weighted by Gasteiger charge is -2.32. The van der Waals surface area contributed by atoms with Gasteiger partial charge in [0.25, 0.3) is 5.91 Å². The smallest absolute Gasteiger partial charge is 0.270 e. The van der Waals surface area contributed by atoms with Crippen LogP contribution in [0.5, 0.6) is 0 Å². The lowest BCUT2D eigenvalue weighted by molar-refractivity contribution is -0.527. The molecule has 1 atom stereocenters. The standard InChI is InChI=1S/C23H22FN6O2/c1-27-20-19(21(31)28(2)23(27)32)29-14-18(16-8-10-17(24)11-9-16)26-30(22(29)25-20)13-12-15-6-4-3-5-7-15/h3-11,19H,12-14H2,1-2H3/q+1. The third-order valence-electron chi connectivity index (χ3n) is 5.93. The molecule has 3 heterocycles. The molecule has 162 valence electrons. The van der Waals surface area contributed by atoms with Gasteiger partial charge in [-0.3, -0.25) is 14.6 Å². The predicted octanol–water partition coefficient (Wildman–Crippen LogP) is 1.76. The van der Waals surface area contributed by atoms with Crippen LogP contribution in [0.15, 0.2) is 64.7 Å². The molecule has 0 N–H and O–H groups in total. The van der Waals surface area contributed by atoms with E-state index in [1.807, 2.05) is 34.9 Å². The number of aliphatic imine (C=N–C) groups is 1. The Hall–Kier alpha value is -3.88. The molecule has 5 rings (SSSR count). The van der Waals surface area contributed by atoms with Crippen molar-refractivity contribution < 1.29 is 18.6 Å². The highest BCUT2D eigenvalue weighted by Gasteiger charge is 2.53. The highest BCUT2D eigenvalue weighted by atomic mass is 19.1. The number of amides is 3. The van der Waals surface area contributed by atoms with Gasteiger partial charge >= 0.3 is 12.0 Å². The van der Waals surface area contributed by atoms with E-state index in [1.54, 1.807) is 24.2 Å². The van der Waals surface area contributed by atoms with E-state index in [0.717, 1.165) is 22.4 Å². The Bertz CT molecular complexity index is 1190. The Balaban J connectivity index is 1.53. The van der Waals surface area contributed by atoms with Crippen LogP contribution in [0.2, 0.25) is 0 Å². The number of amidine groups is 1. The minimum absolute atomic E-state index is 0.322. The van der Waals surface area contributed by atoms with E-state index >= 15 is 0 Å². The number of hydrogen-bond acceptors (Lipinski definition) is 5. The molecule has 32 heavy (non-hydrogen) atoms. The topological polar surface area (TPSA) is 71.6 Å². The number of likely N-dealkylation sites (N-methyl/N-ethyl adjacent to an activating group) is 2. The van der Waals surface area contributed by atoms with Gasteiger partial charge in [0.1, 0.15) is 18.1 Å². The summed E-state index contributed by atoms with van der Waals surface area (Å²) in [6.07, 6.45) is 0.719. The van der Waals surface area contributed by atoms with Gasteiger partial charge in [-0.05, 0) is 17.7 Å². The fraction of sp³-hybridized carbons (Fsp3) is 0.261. The van der Waals surface area contributed by atoms with E-state index in [9.17, 15) is 14.0 Å². The summed E-state index contributed by atoms with van der Waals surface area (Å²) < 4.78 is 15.3. The highest BCUT2D eigenvalue weighted by Crippen LogP contribution is 2.23. The summed E-state index contributed by atoms with van der Waals surface area (Å²) in [5.74, 6) is 0.281. The van der Waals surface area contributed by atoms with E-state index in [4.69, 9.17) is 5.10 Å². The summed E-state index contributed by atoms with van der Waals surface area (Å²) in [7, 11) is 3.09. The average molecular weight is 433 g/mol. The number of carbonyl (C=O) groups is 2. The molecule has 0 aromatic heterocycles. The SMILES string of the molecule is CN1C(=O)C2C(=NC3=[N+]2CC(c2ccc(F)cc2)=NN3CCc2ccccc2)N(C)C1=O. The molecule has 2 aromatic rings. The maximum atomic E-state index is 13.5. The normalized spacial score (nSPS) is 20.3. The lowest BCUT2D eigenvalue weighted by atomic mass is 10.1. The zero-order valence-corrected chi connectivity index (χ0v) is 17.8. The zero-order valence-electron chi connectivity index (χ0n) is 17.8. The molecule has 0 bridgehead atoms. The van der Waals surface area contributed by atoms with Gasteiger partial charge in [-0.25, -0.2) is 13.8 Å². The molecular weight excluding hydrogens is 411 g/mol. The summed E-state index contributed by atoms with van der Waals surface area (Å²) in [5, 5.41) is 6.57. The van der Waals surface area contributed by atoms with Crippen LogP contribution in [-0.4, -0.2) is 82.1 Å². The Morgan fingerprint density at radius 1 is 1.03 bits per heavy atom. The maximum absolute atomic E-state index is 13.5. The van der Waals surface area contributed by atoms with Crippen LogP contribution in [-0.2, 0) is 11.2 Å². The molecule has 0 saturated carbocycles. The van der Waals surface area contributed by atoms with Crippen LogP contribution in [0.25, 0.3) is 0 Å². The number of urea groups is 1. The number of rotatable bonds is 4. The molecule has 2 aromatic carbocycles. The maximum Gasteiger partial charge on any atom is 0.416 e. The van der Waals surface area contributed by atoms with Gasteiger partial charge in [0.05, 0.1) is 6.54 Å². The number of hydrazone groups is 1. The number of carbonyl (C=O) groups excluding carboxylic acids is 2. The van der Waals surface area contributed by atoms with Crippen molar-refractivity contribution in [2.75, 3.05) is 27.2 Å². The van der Waals surface area contributed by atoms with E-state index in [2.05, 4.69) is 4.99 Å². The van der Waals surface area contributed by atoms with Crippen LogP contribution < -0.4 is 0 Å². The second-order valence-electron chi connectivity index (χ2n) is 7.95. The number of hydrogen-bond donors (Lipinski definition) is 0. The summed E-state index contributed by atoms with van der Waals surface area (Å²) in [6.45, 7) is 0.855. The first-order valence-electron chi connectivity index (χ1n) is 10.4. The Morgan fingerprint density at radius 3 is 2.47 bits per heavy atom. The predicted molar refractivity (Wildman–Crippen MR) is 117 cm³/mol. The number of fused-ring (bicyclic) bond motifs is 2. The molecule has 0 radical (unpaired) electrons. The van der Waals surface area contributed by atoms with Crippen LogP contribution in [0.1, 0.15) is 11.1 Å². The van der Waals surface area contributed by atoms with Gasteiger partial charge in [-0.15, -0.1) is 10.1 Å². The van der Waals surface area contributed by atoms with Crippen molar-refractivity contribution in [3.8, 4) is 0 Å². The summed E-state index contributed by atoms with van der Waals surface area (Å²) in [6, 6.07) is 15.0. The van der Waals surface area contributed by atoms with Crippen molar-refractivity contribution in [1.82, 2.24) is 14.8 Å². The van der Waals surface area contributed by atoms with Crippen LogP contribution in [0.3, 0.4) is 0 Å². The summed E-state index contributed by atoms with van der Waals surface area (Å²) in [4.78, 5) is 32.6. The Labute approximate surface area is 184 Å². The summed E-state index contributed by atoms with van der Waals surface area (Å²) >= 11 is 0. The molecular formula is C23H22FN6O2+. The molecule has 1 fully saturated rings. The second kappa shape index (κ2) is 7.67. The summed E-state index contributed by atoms with van der Waals surface area (Å²) in [5.41, 5.74) is 2.62. The Morgan fingerprint density at radius 2 is 1.75 bits per heavy atom. The first-order chi connectivity index (χ1) is 15.4. The van der Waals surface area contributed by atoms with E-state index < -0.39 is 12.1 Å².